The van der Waals surface area contributed by atoms with Gasteiger partial charge in [-0.25, -0.2) is 4.98 Å². The van der Waals surface area contributed by atoms with E-state index in [0.717, 1.165) is 16.7 Å². The van der Waals surface area contributed by atoms with Crippen LogP contribution < -0.4 is 5.32 Å². The second kappa shape index (κ2) is 5.13. The summed E-state index contributed by atoms with van der Waals surface area (Å²) in [5.41, 5.74) is 2.50. The average Bonchev–Trinajstić information content (AvgIpc) is 3.25. The molecule has 4 aromatic rings. The third kappa shape index (κ3) is 2.38. The fraction of sp³-hybridized carbons (Fsp3) is 0.0625. The summed E-state index contributed by atoms with van der Waals surface area (Å²) in [5, 5.41) is 7.17. The fourth-order valence-electron chi connectivity index (χ4n) is 2.38. The number of para-hydroxylation sites is 2. The van der Waals surface area contributed by atoms with Crippen LogP contribution in [0.3, 0.4) is 0 Å². The first-order chi connectivity index (χ1) is 11.2. The van der Waals surface area contributed by atoms with Crippen LogP contribution in [0.5, 0.6) is 0 Å². The highest BCUT2D eigenvalue weighted by molar-refractivity contribution is 6.01. The number of rotatable bonds is 3. The van der Waals surface area contributed by atoms with Crippen molar-refractivity contribution in [1.29, 1.82) is 0 Å². The van der Waals surface area contributed by atoms with Crippen LogP contribution in [0.25, 0.3) is 17.0 Å². The first-order valence-corrected chi connectivity index (χ1v) is 7.07. The zero-order chi connectivity index (χ0) is 15.8. The number of benzene rings is 1. The standard InChI is InChI=1S/C16H13N5O2/c1-10-9-14(19-15(22)13-7-4-8-23-13)21(20-10)16-17-11-5-2-3-6-12(11)18-16/h2-9H,1H3,(H,17,18)(H,19,22). The largest absolute Gasteiger partial charge is 0.459 e. The van der Waals surface area contributed by atoms with Crippen molar-refractivity contribution in [2.45, 2.75) is 6.92 Å². The molecule has 7 heteroatoms. The predicted octanol–water partition coefficient (Wildman–Crippen LogP) is 2.90. The first-order valence-electron chi connectivity index (χ1n) is 7.07. The zero-order valence-corrected chi connectivity index (χ0v) is 12.3. The van der Waals surface area contributed by atoms with Gasteiger partial charge in [0, 0.05) is 6.07 Å². The van der Waals surface area contributed by atoms with Gasteiger partial charge in [-0.3, -0.25) is 4.79 Å². The van der Waals surface area contributed by atoms with Gasteiger partial charge in [0.05, 0.1) is 23.0 Å². The van der Waals surface area contributed by atoms with Gasteiger partial charge in [0.15, 0.2) is 5.76 Å². The van der Waals surface area contributed by atoms with Crippen molar-refractivity contribution in [3.8, 4) is 5.95 Å². The van der Waals surface area contributed by atoms with E-state index < -0.39 is 0 Å². The van der Waals surface area contributed by atoms with Crippen LogP contribution in [0.15, 0.2) is 53.1 Å². The van der Waals surface area contributed by atoms with Gasteiger partial charge in [-0.1, -0.05) is 12.1 Å². The third-order valence-corrected chi connectivity index (χ3v) is 3.40. The van der Waals surface area contributed by atoms with E-state index in [4.69, 9.17) is 4.42 Å². The Morgan fingerprint density at radius 2 is 2.13 bits per heavy atom. The fourth-order valence-corrected chi connectivity index (χ4v) is 2.38. The van der Waals surface area contributed by atoms with E-state index in [0.29, 0.717) is 11.8 Å². The number of aromatic amines is 1. The van der Waals surface area contributed by atoms with Crippen molar-refractivity contribution >= 4 is 22.8 Å². The van der Waals surface area contributed by atoms with Gasteiger partial charge in [0.25, 0.3) is 5.91 Å². The molecule has 0 unspecified atom stereocenters. The Bertz CT molecular complexity index is 948. The van der Waals surface area contributed by atoms with Crippen LogP contribution in [0.2, 0.25) is 0 Å². The van der Waals surface area contributed by atoms with Crippen LogP contribution in [0, 0.1) is 6.92 Å². The summed E-state index contributed by atoms with van der Waals surface area (Å²) in [6.45, 7) is 1.85. The number of aryl methyl sites for hydroxylation is 1. The SMILES string of the molecule is Cc1cc(NC(=O)c2ccco2)n(-c2nc3ccccc3[nH]2)n1. The minimum absolute atomic E-state index is 0.236. The zero-order valence-electron chi connectivity index (χ0n) is 12.3. The maximum atomic E-state index is 12.2. The highest BCUT2D eigenvalue weighted by Crippen LogP contribution is 2.19. The maximum Gasteiger partial charge on any atom is 0.292 e. The van der Waals surface area contributed by atoms with Crippen LogP contribution in [-0.2, 0) is 0 Å². The summed E-state index contributed by atoms with van der Waals surface area (Å²) in [6.07, 6.45) is 1.46. The molecule has 0 fully saturated rings. The molecule has 1 amide bonds. The van der Waals surface area contributed by atoms with E-state index in [1.807, 2.05) is 31.2 Å². The summed E-state index contributed by atoms with van der Waals surface area (Å²) in [7, 11) is 0. The van der Waals surface area contributed by atoms with Gasteiger partial charge in [0.1, 0.15) is 5.82 Å². The van der Waals surface area contributed by atoms with E-state index >= 15 is 0 Å². The minimum atomic E-state index is -0.340. The number of hydrogen-bond acceptors (Lipinski definition) is 4. The number of fused-ring (bicyclic) bond motifs is 1. The number of H-pyrrole nitrogens is 1. The molecule has 0 atom stereocenters. The van der Waals surface area contributed by atoms with Gasteiger partial charge < -0.3 is 14.7 Å². The lowest BCUT2D eigenvalue weighted by Crippen LogP contribution is -2.15. The Morgan fingerprint density at radius 1 is 1.26 bits per heavy atom. The van der Waals surface area contributed by atoms with Crippen LogP contribution >= 0.6 is 0 Å². The van der Waals surface area contributed by atoms with Crippen molar-refractivity contribution in [3.05, 3.63) is 60.2 Å². The Hall–Kier alpha value is -3.35. The Balaban J connectivity index is 1.73. The van der Waals surface area contributed by atoms with E-state index in [-0.39, 0.29) is 11.7 Å². The highest BCUT2D eigenvalue weighted by Gasteiger charge is 2.16. The molecule has 0 aliphatic heterocycles. The minimum Gasteiger partial charge on any atom is -0.459 e. The number of imidazole rings is 1. The van der Waals surface area contributed by atoms with E-state index in [1.165, 1.54) is 6.26 Å². The van der Waals surface area contributed by atoms with Gasteiger partial charge in [-0.15, -0.1) is 0 Å². The molecule has 23 heavy (non-hydrogen) atoms. The topological polar surface area (TPSA) is 88.7 Å². The lowest BCUT2D eigenvalue weighted by atomic mass is 10.3. The lowest BCUT2D eigenvalue weighted by Gasteiger charge is -2.04. The third-order valence-electron chi connectivity index (χ3n) is 3.40. The highest BCUT2D eigenvalue weighted by atomic mass is 16.3. The molecule has 2 N–H and O–H groups in total. The van der Waals surface area contributed by atoms with Crippen LogP contribution in [-0.4, -0.2) is 25.7 Å². The number of carbonyl (C=O) groups is 1. The van der Waals surface area contributed by atoms with Crippen molar-refractivity contribution in [1.82, 2.24) is 19.7 Å². The Kier molecular flexibility index (Phi) is 2.97. The molecule has 0 aliphatic carbocycles. The van der Waals surface area contributed by atoms with Crippen molar-refractivity contribution in [2.24, 2.45) is 0 Å². The smallest absolute Gasteiger partial charge is 0.292 e. The Morgan fingerprint density at radius 3 is 2.91 bits per heavy atom. The average molecular weight is 307 g/mol. The second-order valence-corrected chi connectivity index (χ2v) is 5.09. The number of aromatic nitrogens is 4. The number of amides is 1. The molecule has 0 saturated carbocycles. The molecule has 4 rings (SSSR count). The van der Waals surface area contributed by atoms with Gasteiger partial charge >= 0.3 is 0 Å². The van der Waals surface area contributed by atoms with Gasteiger partial charge in [0.2, 0.25) is 5.95 Å². The molecule has 114 valence electrons. The van der Waals surface area contributed by atoms with E-state index in [9.17, 15) is 4.79 Å². The second-order valence-electron chi connectivity index (χ2n) is 5.09. The molecule has 0 bridgehead atoms. The first kappa shape index (κ1) is 13.3. The molecule has 0 radical (unpaired) electrons. The number of hydrogen-bond donors (Lipinski definition) is 2. The summed E-state index contributed by atoms with van der Waals surface area (Å²) < 4.78 is 6.67. The summed E-state index contributed by atoms with van der Waals surface area (Å²) in [5.74, 6) is 0.948. The molecule has 7 nitrogen and oxygen atoms in total. The number of nitrogens with zero attached hydrogens (tertiary/aromatic N) is 3. The summed E-state index contributed by atoms with van der Waals surface area (Å²) >= 11 is 0. The van der Waals surface area contributed by atoms with Gasteiger partial charge in [-0.2, -0.15) is 9.78 Å². The number of anilines is 1. The molecule has 3 aromatic heterocycles. The Labute approximate surface area is 130 Å². The predicted molar refractivity (Wildman–Crippen MR) is 84.6 cm³/mol. The molecule has 0 aliphatic rings. The summed E-state index contributed by atoms with van der Waals surface area (Å²) in [4.78, 5) is 19.8. The molecule has 1 aromatic carbocycles. The maximum absolute atomic E-state index is 12.2. The lowest BCUT2D eigenvalue weighted by molar-refractivity contribution is 0.0996. The normalized spacial score (nSPS) is 11.0. The van der Waals surface area contributed by atoms with Crippen molar-refractivity contribution < 1.29 is 9.21 Å². The van der Waals surface area contributed by atoms with E-state index in [2.05, 4.69) is 20.4 Å². The monoisotopic (exact) mass is 307 g/mol. The molecular formula is C16H13N5O2. The van der Waals surface area contributed by atoms with E-state index in [1.54, 1.807) is 22.9 Å². The molecule has 0 saturated heterocycles. The van der Waals surface area contributed by atoms with Crippen molar-refractivity contribution in [3.63, 3.8) is 0 Å². The molecule has 3 heterocycles. The van der Waals surface area contributed by atoms with Crippen LogP contribution in [0.1, 0.15) is 16.2 Å². The molecule has 0 spiro atoms. The molecular weight excluding hydrogens is 294 g/mol. The quantitative estimate of drug-likeness (QED) is 0.609. The van der Waals surface area contributed by atoms with Crippen LogP contribution in [0.4, 0.5) is 5.82 Å². The summed E-state index contributed by atoms with van der Waals surface area (Å²) in [6, 6.07) is 12.7. The number of carbonyl (C=O) groups excluding carboxylic acids is 1. The van der Waals surface area contributed by atoms with Crippen molar-refractivity contribution in [2.75, 3.05) is 5.32 Å². The van der Waals surface area contributed by atoms with Gasteiger partial charge in [-0.05, 0) is 31.2 Å². The number of nitrogens with one attached hydrogen (secondary N) is 2. The number of furan rings is 1.